The molecule has 0 aromatic carbocycles. The molecule has 0 unspecified atom stereocenters. The van der Waals surface area contributed by atoms with E-state index in [4.69, 9.17) is 4.74 Å². The van der Waals surface area contributed by atoms with Gasteiger partial charge in [-0.15, -0.1) is 0 Å². The zero-order chi connectivity index (χ0) is 14.3. The summed E-state index contributed by atoms with van der Waals surface area (Å²) in [5.41, 5.74) is 1.23. The summed E-state index contributed by atoms with van der Waals surface area (Å²) < 4.78 is 5.06. The largest absolute Gasteiger partial charge is 0.461 e. The molecule has 1 aromatic heterocycles. The second-order valence-electron chi connectivity index (χ2n) is 4.85. The summed E-state index contributed by atoms with van der Waals surface area (Å²) in [6, 6.07) is 1.72. The van der Waals surface area contributed by atoms with Crippen molar-refractivity contribution in [3.05, 3.63) is 17.5 Å². The zero-order valence-corrected chi connectivity index (χ0v) is 11.7. The fraction of sp³-hybridized carbons (Fsp3) is 0.615. The van der Waals surface area contributed by atoms with Crippen LogP contribution in [0.5, 0.6) is 0 Å². The molecule has 0 bridgehead atoms. The highest BCUT2D eigenvalue weighted by molar-refractivity contribution is 5.87. The number of carbonyl (C=O) groups excluding carboxylic acids is 2. The van der Waals surface area contributed by atoms with Crippen LogP contribution in [0.1, 0.15) is 43.4 Å². The van der Waals surface area contributed by atoms with Crippen molar-refractivity contribution in [1.82, 2.24) is 15.5 Å². The Morgan fingerprint density at radius 3 is 2.84 bits per heavy atom. The monoisotopic (exact) mass is 267 g/mol. The molecule has 6 nitrogen and oxygen atoms in total. The first-order valence-corrected chi connectivity index (χ1v) is 6.45. The molecule has 1 heterocycles. The second-order valence-corrected chi connectivity index (χ2v) is 4.85. The van der Waals surface area contributed by atoms with Crippen LogP contribution in [0.2, 0.25) is 0 Å². The van der Waals surface area contributed by atoms with Crippen molar-refractivity contribution in [3.8, 4) is 0 Å². The van der Waals surface area contributed by atoms with E-state index in [2.05, 4.69) is 29.4 Å². The summed E-state index contributed by atoms with van der Waals surface area (Å²) in [4.78, 5) is 22.3. The van der Waals surface area contributed by atoms with Gasteiger partial charge in [-0.3, -0.25) is 9.89 Å². The highest BCUT2D eigenvalue weighted by atomic mass is 16.5. The summed E-state index contributed by atoms with van der Waals surface area (Å²) in [5.74, 6) is -0.0204. The van der Waals surface area contributed by atoms with E-state index in [-0.39, 0.29) is 12.5 Å². The van der Waals surface area contributed by atoms with Crippen molar-refractivity contribution in [2.24, 2.45) is 5.92 Å². The van der Waals surface area contributed by atoms with Gasteiger partial charge in [0.2, 0.25) is 5.91 Å². The molecule has 6 heteroatoms. The minimum atomic E-state index is -0.436. The molecule has 0 aliphatic rings. The van der Waals surface area contributed by atoms with E-state index in [0.717, 1.165) is 12.1 Å². The SMILES string of the molecule is CC(=O)NCCCOC(=O)c1cc(CC(C)C)[nH]n1. The predicted octanol–water partition coefficient (Wildman–Crippen LogP) is 1.29. The fourth-order valence-electron chi connectivity index (χ4n) is 1.59. The molecular weight excluding hydrogens is 246 g/mol. The average molecular weight is 267 g/mol. The van der Waals surface area contributed by atoms with Crippen molar-refractivity contribution in [3.63, 3.8) is 0 Å². The average Bonchev–Trinajstić information content (AvgIpc) is 2.75. The van der Waals surface area contributed by atoms with Crippen molar-refractivity contribution in [1.29, 1.82) is 0 Å². The van der Waals surface area contributed by atoms with Crippen LogP contribution in [0.4, 0.5) is 0 Å². The van der Waals surface area contributed by atoms with E-state index in [1.807, 2.05) is 0 Å². The number of rotatable bonds is 7. The van der Waals surface area contributed by atoms with Gasteiger partial charge in [-0.05, 0) is 24.8 Å². The predicted molar refractivity (Wildman–Crippen MR) is 70.7 cm³/mol. The van der Waals surface area contributed by atoms with Crippen LogP contribution in [-0.2, 0) is 16.0 Å². The Bertz CT molecular complexity index is 427. The number of hydrogen-bond donors (Lipinski definition) is 2. The van der Waals surface area contributed by atoms with Crippen molar-refractivity contribution >= 4 is 11.9 Å². The molecule has 0 radical (unpaired) electrons. The lowest BCUT2D eigenvalue weighted by atomic mass is 10.1. The fourth-order valence-corrected chi connectivity index (χ4v) is 1.59. The number of amides is 1. The molecule has 0 fully saturated rings. The van der Waals surface area contributed by atoms with Crippen molar-refractivity contribution in [2.75, 3.05) is 13.2 Å². The van der Waals surface area contributed by atoms with Crippen LogP contribution in [0.25, 0.3) is 0 Å². The van der Waals surface area contributed by atoms with Gasteiger partial charge in [0.05, 0.1) is 6.61 Å². The second kappa shape index (κ2) is 7.56. The molecule has 1 amide bonds. The van der Waals surface area contributed by atoms with Crippen LogP contribution in [0.3, 0.4) is 0 Å². The normalized spacial score (nSPS) is 10.5. The molecule has 1 rings (SSSR count). The molecule has 19 heavy (non-hydrogen) atoms. The highest BCUT2D eigenvalue weighted by Gasteiger charge is 2.12. The summed E-state index contributed by atoms with van der Waals surface area (Å²) in [5, 5.41) is 9.39. The Labute approximate surface area is 112 Å². The van der Waals surface area contributed by atoms with Gasteiger partial charge >= 0.3 is 5.97 Å². The Morgan fingerprint density at radius 2 is 2.21 bits per heavy atom. The number of aromatic nitrogens is 2. The van der Waals surface area contributed by atoms with Crippen molar-refractivity contribution in [2.45, 2.75) is 33.6 Å². The van der Waals surface area contributed by atoms with E-state index in [0.29, 0.717) is 24.6 Å². The first kappa shape index (κ1) is 15.2. The number of aromatic amines is 1. The molecule has 0 atom stereocenters. The first-order chi connectivity index (χ1) is 8.99. The molecule has 0 aliphatic heterocycles. The summed E-state index contributed by atoms with van der Waals surface area (Å²) in [6.45, 7) is 6.42. The standard InChI is InChI=1S/C13H21N3O3/c1-9(2)7-11-8-12(16-15-11)13(18)19-6-4-5-14-10(3)17/h8-9H,4-7H2,1-3H3,(H,14,17)(H,15,16). The maximum Gasteiger partial charge on any atom is 0.358 e. The number of H-pyrrole nitrogens is 1. The molecule has 0 saturated heterocycles. The number of esters is 1. The Hall–Kier alpha value is -1.85. The van der Waals surface area contributed by atoms with Gasteiger partial charge in [-0.25, -0.2) is 4.79 Å². The molecule has 0 spiro atoms. The number of ether oxygens (including phenoxy) is 1. The van der Waals surface area contributed by atoms with E-state index in [9.17, 15) is 9.59 Å². The molecule has 106 valence electrons. The minimum absolute atomic E-state index is 0.0862. The highest BCUT2D eigenvalue weighted by Crippen LogP contribution is 2.07. The Kier molecular flexibility index (Phi) is 6.05. The number of nitrogens with one attached hydrogen (secondary N) is 2. The smallest absolute Gasteiger partial charge is 0.358 e. The Morgan fingerprint density at radius 1 is 1.47 bits per heavy atom. The zero-order valence-electron chi connectivity index (χ0n) is 11.7. The van der Waals surface area contributed by atoms with Gasteiger partial charge in [0, 0.05) is 19.2 Å². The van der Waals surface area contributed by atoms with Crippen LogP contribution < -0.4 is 5.32 Å². The third-order valence-corrected chi connectivity index (χ3v) is 2.40. The van der Waals surface area contributed by atoms with Crippen LogP contribution in [0, 0.1) is 5.92 Å². The maximum atomic E-state index is 11.6. The Balaban J connectivity index is 2.29. The lowest BCUT2D eigenvalue weighted by Gasteiger charge is -2.03. The summed E-state index contributed by atoms with van der Waals surface area (Å²) in [6.07, 6.45) is 1.44. The first-order valence-electron chi connectivity index (χ1n) is 6.45. The number of nitrogens with zero attached hydrogens (tertiary/aromatic N) is 1. The molecule has 1 aromatic rings. The molecule has 0 aliphatic carbocycles. The molecular formula is C13H21N3O3. The van der Waals surface area contributed by atoms with E-state index >= 15 is 0 Å². The molecule has 0 saturated carbocycles. The van der Waals surface area contributed by atoms with Gasteiger partial charge in [0.15, 0.2) is 5.69 Å². The minimum Gasteiger partial charge on any atom is -0.461 e. The maximum absolute atomic E-state index is 11.6. The van der Waals surface area contributed by atoms with E-state index in [1.165, 1.54) is 6.92 Å². The summed E-state index contributed by atoms with van der Waals surface area (Å²) >= 11 is 0. The number of hydrogen-bond acceptors (Lipinski definition) is 4. The third-order valence-electron chi connectivity index (χ3n) is 2.40. The van der Waals surface area contributed by atoms with Gasteiger partial charge in [-0.2, -0.15) is 5.10 Å². The third kappa shape index (κ3) is 6.03. The van der Waals surface area contributed by atoms with E-state index < -0.39 is 5.97 Å². The quantitative estimate of drug-likeness (QED) is 0.576. The topological polar surface area (TPSA) is 84.1 Å². The van der Waals surface area contributed by atoms with Crippen LogP contribution in [0.15, 0.2) is 6.07 Å². The van der Waals surface area contributed by atoms with E-state index in [1.54, 1.807) is 6.07 Å². The van der Waals surface area contributed by atoms with Gasteiger partial charge in [0.1, 0.15) is 0 Å². The van der Waals surface area contributed by atoms with Gasteiger partial charge in [-0.1, -0.05) is 13.8 Å². The van der Waals surface area contributed by atoms with Crippen molar-refractivity contribution < 1.29 is 14.3 Å². The summed E-state index contributed by atoms with van der Waals surface area (Å²) in [7, 11) is 0. The lowest BCUT2D eigenvalue weighted by molar-refractivity contribution is -0.118. The van der Waals surface area contributed by atoms with Gasteiger partial charge < -0.3 is 10.1 Å². The van der Waals surface area contributed by atoms with Gasteiger partial charge in [0.25, 0.3) is 0 Å². The van der Waals surface area contributed by atoms with Crippen LogP contribution >= 0.6 is 0 Å². The number of carbonyl (C=O) groups is 2. The van der Waals surface area contributed by atoms with Crippen LogP contribution in [-0.4, -0.2) is 35.2 Å². The molecule has 2 N–H and O–H groups in total. The lowest BCUT2D eigenvalue weighted by Crippen LogP contribution is -2.22.